The molecule has 2 aliphatic heterocycles. The van der Waals surface area contributed by atoms with Gasteiger partial charge in [-0.3, -0.25) is 4.90 Å². The van der Waals surface area contributed by atoms with E-state index in [0.717, 1.165) is 31.8 Å². The first kappa shape index (κ1) is 17.2. The molecule has 6 heteroatoms. The highest BCUT2D eigenvalue weighted by molar-refractivity contribution is 7.87. The molecule has 5 nitrogen and oxygen atoms in total. The van der Waals surface area contributed by atoms with E-state index in [1.54, 1.807) is 4.31 Å². The lowest BCUT2D eigenvalue weighted by Crippen LogP contribution is -2.50. The minimum absolute atomic E-state index is 0.268. The third-order valence-electron chi connectivity index (χ3n) is 4.83. The van der Waals surface area contributed by atoms with Gasteiger partial charge in [0.15, 0.2) is 0 Å². The second kappa shape index (κ2) is 7.40. The Hall–Kier alpha value is -0.170. The SMILES string of the molecule is C[C@@H]1CCCN([C@H](C)CNS(=O)(=O)N2CCC[C@@H](C)C2)C1. The van der Waals surface area contributed by atoms with E-state index >= 15 is 0 Å². The largest absolute Gasteiger partial charge is 0.299 e. The third kappa shape index (κ3) is 4.91. The van der Waals surface area contributed by atoms with Crippen molar-refractivity contribution in [2.45, 2.75) is 52.5 Å². The first-order valence-corrected chi connectivity index (χ1v) is 9.81. The highest BCUT2D eigenvalue weighted by Gasteiger charge is 2.28. The van der Waals surface area contributed by atoms with E-state index in [1.165, 1.54) is 12.8 Å². The van der Waals surface area contributed by atoms with Gasteiger partial charge < -0.3 is 0 Å². The molecule has 2 heterocycles. The van der Waals surface area contributed by atoms with Crippen molar-refractivity contribution >= 4 is 10.2 Å². The van der Waals surface area contributed by atoms with Crippen LogP contribution >= 0.6 is 0 Å². The predicted octanol–water partition coefficient (Wildman–Crippen LogP) is 1.67. The quantitative estimate of drug-likeness (QED) is 0.839. The Balaban J connectivity index is 1.83. The Bertz CT molecular complexity index is 427. The lowest BCUT2D eigenvalue weighted by atomic mass is 9.99. The van der Waals surface area contributed by atoms with E-state index in [0.29, 0.717) is 25.6 Å². The van der Waals surface area contributed by atoms with Gasteiger partial charge in [-0.25, -0.2) is 4.72 Å². The summed E-state index contributed by atoms with van der Waals surface area (Å²) in [5.74, 6) is 1.19. The number of piperidine rings is 2. The van der Waals surface area contributed by atoms with Crippen LogP contribution in [0.15, 0.2) is 0 Å². The molecule has 0 aromatic rings. The molecule has 2 aliphatic rings. The van der Waals surface area contributed by atoms with Crippen LogP contribution in [0.5, 0.6) is 0 Å². The van der Waals surface area contributed by atoms with Gasteiger partial charge in [0, 0.05) is 32.2 Å². The van der Waals surface area contributed by atoms with Crippen LogP contribution in [-0.4, -0.2) is 56.4 Å². The summed E-state index contributed by atoms with van der Waals surface area (Å²) in [4.78, 5) is 2.41. The van der Waals surface area contributed by atoms with Crippen molar-refractivity contribution in [3.05, 3.63) is 0 Å². The van der Waals surface area contributed by atoms with E-state index in [-0.39, 0.29) is 6.04 Å². The summed E-state index contributed by atoms with van der Waals surface area (Å²) in [6.07, 6.45) is 4.62. The predicted molar refractivity (Wildman–Crippen MR) is 86.3 cm³/mol. The number of hydrogen-bond acceptors (Lipinski definition) is 3. The molecular formula is C15H31N3O2S. The van der Waals surface area contributed by atoms with Gasteiger partial charge in [0.05, 0.1) is 0 Å². The number of nitrogens with zero attached hydrogens (tertiary/aromatic N) is 2. The molecule has 0 spiro atoms. The molecule has 0 unspecified atom stereocenters. The number of nitrogens with one attached hydrogen (secondary N) is 1. The zero-order valence-corrected chi connectivity index (χ0v) is 14.5. The molecule has 0 amide bonds. The second-order valence-electron chi connectivity index (χ2n) is 7.05. The van der Waals surface area contributed by atoms with Gasteiger partial charge in [0.1, 0.15) is 0 Å². The molecule has 3 atom stereocenters. The van der Waals surface area contributed by atoms with Gasteiger partial charge in [-0.1, -0.05) is 13.8 Å². The first-order valence-electron chi connectivity index (χ1n) is 8.37. The lowest BCUT2D eigenvalue weighted by Gasteiger charge is -2.36. The van der Waals surface area contributed by atoms with E-state index < -0.39 is 10.2 Å². The van der Waals surface area contributed by atoms with Crippen LogP contribution in [0.1, 0.15) is 46.5 Å². The highest BCUT2D eigenvalue weighted by atomic mass is 32.2. The number of hydrogen-bond donors (Lipinski definition) is 1. The van der Waals surface area contributed by atoms with Crippen molar-refractivity contribution in [2.75, 3.05) is 32.7 Å². The summed E-state index contributed by atoms with van der Waals surface area (Å²) in [6, 6.07) is 0.268. The van der Waals surface area contributed by atoms with E-state index in [9.17, 15) is 8.42 Å². The maximum absolute atomic E-state index is 12.4. The lowest BCUT2D eigenvalue weighted by molar-refractivity contribution is 0.139. The van der Waals surface area contributed by atoms with Crippen LogP contribution in [0.3, 0.4) is 0 Å². The summed E-state index contributed by atoms with van der Waals surface area (Å²) in [6.45, 7) is 10.5. The highest BCUT2D eigenvalue weighted by Crippen LogP contribution is 2.19. The maximum Gasteiger partial charge on any atom is 0.279 e. The smallest absolute Gasteiger partial charge is 0.279 e. The molecule has 0 saturated carbocycles. The van der Waals surface area contributed by atoms with Gasteiger partial charge in [-0.15, -0.1) is 0 Å². The number of likely N-dealkylation sites (tertiary alicyclic amines) is 1. The Labute approximate surface area is 130 Å². The average molecular weight is 317 g/mol. The van der Waals surface area contributed by atoms with Crippen LogP contribution in [-0.2, 0) is 10.2 Å². The summed E-state index contributed by atoms with van der Waals surface area (Å²) < 4.78 is 29.2. The molecule has 0 aromatic heterocycles. The van der Waals surface area contributed by atoms with Crippen LogP contribution < -0.4 is 4.72 Å². The Morgan fingerprint density at radius 3 is 2.33 bits per heavy atom. The Kier molecular flexibility index (Phi) is 6.05. The van der Waals surface area contributed by atoms with Gasteiger partial charge in [-0.2, -0.15) is 12.7 Å². The topological polar surface area (TPSA) is 52.7 Å². The first-order chi connectivity index (χ1) is 9.88. The van der Waals surface area contributed by atoms with Crippen LogP contribution in [0, 0.1) is 11.8 Å². The Morgan fingerprint density at radius 1 is 1.10 bits per heavy atom. The monoisotopic (exact) mass is 317 g/mol. The van der Waals surface area contributed by atoms with Crippen molar-refractivity contribution in [2.24, 2.45) is 11.8 Å². The van der Waals surface area contributed by atoms with E-state index in [1.807, 2.05) is 0 Å². The summed E-state index contributed by atoms with van der Waals surface area (Å²) in [5, 5.41) is 0. The van der Waals surface area contributed by atoms with Gasteiger partial charge >= 0.3 is 0 Å². The summed E-state index contributed by atoms with van der Waals surface area (Å²) >= 11 is 0. The summed E-state index contributed by atoms with van der Waals surface area (Å²) in [5.41, 5.74) is 0. The molecule has 124 valence electrons. The van der Waals surface area contributed by atoms with E-state index in [4.69, 9.17) is 0 Å². The van der Waals surface area contributed by atoms with E-state index in [2.05, 4.69) is 30.4 Å². The molecule has 2 saturated heterocycles. The molecular weight excluding hydrogens is 286 g/mol. The molecule has 0 aromatic carbocycles. The normalized spacial score (nSPS) is 31.2. The molecule has 1 N–H and O–H groups in total. The molecule has 2 fully saturated rings. The average Bonchev–Trinajstić information content (AvgIpc) is 2.45. The fraction of sp³-hybridized carbons (Fsp3) is 1.00. The molecule has 21 heavy (non-hydrogen) atoms. The Morgan fingerprint density at radius 2 is 1.71 bits per heavy atom. The standard InChI is InChI=1S/C15H31N3O2S/c1-13-6-4-8-17(11-13)15(3)10-16-21(19,20)18-9-5-7-14(2)12-18/h13-16H,4-12H2,1-3H3/t13-,14-,15-/m1/s1. The van der Waals surface area contributed by atoms with Gasteiger partial charge in [0.25, 0.3) is 10.2 Å². The minimum atomic E-state index is -3.31. The fourth-order valence-electron chi connectivity index (χ4n) is 3.44. The molecule has 0 bridgehead atoms. The van der Waals surface area contributed by atoms with Crippen molar-refractivity contribution in [1.29, 1.82) is 0 Å². The third-order valence-corrected chi connectivity index (χ3v) is 6.38. The van der Waals surface area contributed by atoms with Crippen molar-refractivity contribution < 1.29 is 8.42 Å². The van der Waals surface area contributed by atoms with Crippen molar-refractivity contribution in [3.8, 4) is 0 Å². The van der Waals surface area contributed by atoms with Gasteiger partial charge in [0.2, 0.25) is 0 Å². The summed E-state index contributed by atoms with van der Waals surface area (Å²) in [7, 11) is -3.31. The fourth-order valence-corrected chi connectivity index (χ4v) is 4.89. The van der Waals surface area contributed by atoms with Crippen LogP contribution in [0.2, 0.25) is 0 Å². The molecule has 0 aliphatic carbocycles. The van der Waals surface area contributed by atoms with Crippen molar-refractivity contribution in [1.82, 2.24) is 13.9 Å². The maximum atomic E-state index is 12.4. The van der Waals surface area contributed by atoms with Crippen molar-refractivity contribution in [3.63, 3.8) is 0 Å². The zero-order valence-electron chi connectivity index (χ0n) is 13.7. The zero-order chi connectivity index (χ0) is 15.5. The van der Waals surface area contributed by atoms with Crippen LogP contribution in [0.25, 0.3) is 0 Å². The second-order valence-corrected chi connectivity index (χ2v) is 8.81. The van der Waals surface area contributed by atoms with Gasteiger partial charge in [-0.05, 0) is 51.0 Å². The van der Waals surface area contributed by atoms with Crippen LogP contribution in [0.4, 0.5) is 0 Å². The number of rotatable bonds is 5. The minimum Gasteiger partial charge on any atom is -0.299 e. The molecule has 0 radical (unpaired) electrons. The molecule has 2 rings (SSSR count).